The van der Waals surface area contributed by atoms with Crippen molar-refractivity contribution in [3.05, 3.63) is 0 Å². The lowest BCUT2D eigenvalue weighted by Gasteiger charge is -2.40. The van der Waals surface area contributed by atoms with E-state index >= 15 is 0 Å². The van der Waals surface area contributed by atoms with Crippen LogP contribution in [-0.2, 0) is 0 Å². The highest BCUT2D eigenvalue weighted by Crippen LogP contribution is 2.43. The van der Waals surface area contributed by atoms with Crippen molar-refractivity contribution in [2.75, 3.05) is 6.54 Å². The molecule has 0 aromatic heterocycles. The number of nitrogens with two attached hydrogens (primary N) is 1. The van der Waals surface area contributed by atoms with Gasteiger partial charge in [0.15, 0.2) is 0 Å². The van der Waals surface area contributed by atoms with Gasteiger partial charge in [-0.3, -0.25) is 0 Å². The Balaban J connectivity index is 2.42. The normalized spacial score (nSPS) is 30.9. The molecule has 2 N–H and O–H groups in total. The molecule has 1 saturated carbocycles. The highest BCUT2D eigenvalue weighted by molar-refractivity contribution is 4.87. The SMILES string of the molecule is CCC1CCCC(CN)(CCCC(C)C)C1. The van der Waals surface area contributed by atoms with Gasteiger partial charge in [0.05, 0.1) is 0 Å². The Hall–Kier alpha value is -0.0400. The molecule has 1 aliphatic rings. The monoisotopic (exact) mass is 225 g/mol. The lowest BCUT2D eigenvalue weighted by atomic mass is 9.66. The first-order chi connectivity index (χ1) is 7.62. The minimum atomic E-state index is 0.508. The molecule has 0 radical (unpaired) electrons. The molecule has 0 spiro atoms. The molecule has 0 aromatic rings. The summed E-state index contributed by atoms with van der Waals surface area (Å²) in [5.41, 5.74) is 6.58. The largest absolute Gasteiger partial charge is 0.330 e. The zero-order valence-corrected chi connectivity index (χ0v) is 11.6. The van der Waals surface area contributed by atoms with E-state index < -0.39 is 0 Å². The second kappa shape index (κ2) is 6.64. The molecular weight excluding hydrogens is 194 g/mol. The smallest absolute Gasteiger partial charge is 0.00204 e. The van der Waals surface area contributed by atoms with Gasteiger partial charge in [-0.2, -0.15) is 0 Å². The molecule has 1 aliphatic carbocycles. The topological polar surface area (TPSA) is 26.0 Å². The van der Waals surface area contributed by atoms with Crippen molar-refractivity contribution in [1.82, 2.24) is 0 Å². The van der Waals surface area contributed by atoms with Crippen molar-refractivity contribution < 1.29 is 0 Å². The van der Waals surface area contributed by atoms with Crippen LogP contribution in [0.2, 0.25) is 0 Å². The third kappa shape index (κ3) is 4.08. The number of hydrogen-bond acceptors (Lipinski definition) is 1. The van der Waals surface area contributed by atoms with Crippen LogP contribution in [0.5, 0.6) is 0 Å². The van der Waals surface area contributed by atoms with E-state index in [0.717, 1.165) is 18.4 Å². The Bertz CT molecular complexity index is 188. The average molecular weight is 225 g/mol. The van der Waals surface area contributed by atoms with Gasteiger partial charge < -0.3 is 5.73 Å². The summed E-state index contributed by atoms with van der Waals surface area (Å²) in [5.74, 6) is 1.80. The lowest BCUT2D eigenvalue weighted by Crippen LogP contribution is -2.35. The van der Waals surface area contributed by atoms with Crippen LogP contribution in [0.15, 0.2) is 0 Å². The summed E-state index contributed by atoms with van der Waals surface area (Å²) in [7, 11) is 0. The summed E-state index contributed by atoms with van der Waals surface area (Å²) < 4.78 is 0. The first-order valence-electron chi connectivity index (χ1n) is 7.32. The molecule has 0 saturated heterocycles. The maximum Gasteiger partial charge on any atom is -0.00204 e. The predicted octanol–water partition coefficient (Wildman–Crippen LogP) is 4.36. The number of rotatable bonds is 6. The van der Waals surface area contributed by atoms with Crippen LogP contribution in [0.4, 0.5) is 0 Å². The summed E-state index contributed by atoms with van der Waals surface area (Å²) in [6.45, 7) is 7.91. The molecule has 1 rings (SSSR count). The molecule has 1 heteroatoms. The molecule has 2 atom stereocenters. The summed E-state index contributed by atoms with van der Waals surface area (Å²) in [6, 6.07) is 0. The summed E-state index contributed by atoms with van der Waals surface area (Å²) in [6.07, 6.45) is 11.1. The molecule has 96 valence electrons. The second-order valence-corrected chi connectivity index (χ2v) is 6.36. The van der Waals surface area contributed by atoms with Crippen molar-refractivity contribution in [3.63, 3.8) is 0 Å². The lowest BCUT2D eigenvalue weighted by molar-refractivity contribution is 0.126. The van der Waals surface area contributed by atoms with Gasteiger partial charge in [0, 0.05) is 0 Å². The van der Waals surface area contributed by atoms with E-state index in [2.05, 4.69) is 20.8 Å². The molecular formula is C15H31N. The van der Waals surface area contributed by atoms with Crippen LogP contribution in [0.3, 0.4) is 0 Å². The van der Waals surface area contributed by atoms with E-state index in [0.29, 0.717) is 5.41 Å². The predicted molar refractivity (Wildman–Crippen MR) is 72.4 cm³/mol. The molecule has 0 aromatic carbocycles. The Kier molecular flexibility index (Phi) is 5.82. The van der Waals surface area contributed by atoms with E-state index in [1.165, 1.54) is 51.4 Å². The first-order valence-corrected chi connectivity index (χ1v) is 7.32. The van der Waals surface area contributed by atoms with Gasteiger partial charge in [-0.25, -0.2) is 0 Å². The zero-order valence-electron chi connectivity index (χ0n) is 11.6. The Morgan fingerprint density at radius 1 is 1.38 bits per heavy atom. The summed E-state index contributed by atoms with van der Waals surface area (Å²) >= 11 is 0. The van der Waals surface area contributed by atoms with Gasteiger partial charge in [0.25, 0.3) is 0 Å². The molecule has 2 unspecified atom stereocenters. The van der Waals surface area contributed by atoms with Gasteiger partial charge in [0.1, 0.15) is 0 Å². The van der Waals surface area contributed by atoms with Crippen molar-refractivity contribution in [2.24, 2.45) is 23.0 Å². The average Bonchev–Trinajstić information content (AvgIpc) is 2.29. The molecule has 1 nitrogen and oxygen atoms in total. The first kappa shape index (κ1) is 14.0. The van der Waals surface area contributed by atoms with E-state index in [-0.39, 0.29) is 0 Å². The fourth-order valence-corrected chi connectivity index (χ4v) is 3.33. The summed E-state index contributed by atoms with van der Waals surface area (Å²) in [4.78, 5) is 0. The zero-order chi connectivity index (χ0) is 12.0. The molecule has 0 amide bonds. The minimum Gasteiger partial charge on any atom is -0.330 e. The van der Waals surface area contributed by atoms with Crippen LogP contribution in [0, 0.1) is 17.3 Å². The van der Waals surface area contributed by atoms with Crippen LogP contribution in [0.25, 0.3) is 0 Å². The fourth-order valence-electron chi connectivity index (χ4n) is 3.33. The third-order valence-corrected chi connectivity index (χ3v) is 4.54. The molecule has 1 fully saturated rings. The van der Waals surface area contributed by atoms with Gasteiger partial charge in [-0.1, -0.05) is 52.9 Å². The van der Waals surface area contributed by atoms with Crippen LogP contribution >= 0.6 is 0 Å². The Morgan fingerprint density at radius 2 is 2.12 bits per heavy atom. The minimum absolute atomic E-state index is 0.508. The van der Waals surface area contributed by atoms with E-state index in [1.54, 1.807) is 0 Å². The Labute approximate surface area is 102 Å². The maximum absolute atomic E-state index is 6.07. The highest BCUT2D eigenvalue weighted by atomic mass is 14.6. The molecule has 0 bridgehead atoms. The molecule has 16 heavy (non-hydrogen) atoms. The standard InChI is InChI=1S/C15H31N/c1-4-14-8-6-10-15(11-14,12-16)9-5-7-13(2)3/h13-14H,4-12,16H2,1-3H3. The van der Waals surface area contributed by atoms with Crippen LogP contribution < -0.4 is 5.73 Å². The van der Waals surface area contributed by atoms with Crippen molar-refractivity contribution in [1.29, 1.82) is 0 Å². The van der Waals surface area contributed by atoms with Gasteiger partial charge >= 0.3 is 0 Å². The van der Waals surface area contributed by atoms with Gasteiger partial charge in [0.2, 0.25) is 0 Å². The van der Waals surface area contributed by atoms with Gasteiger partial charge in [-0.15, -0.1) is 0 Å². The van der Waals surface area contributed by atoms with Crippen molar-refractivity contribution in [3.8, 4) is 0 Å². The Morgan fingerprint density at radius 3 is 2.69 bits per heavy atom. The van der Waals surface area contributed by atoms with Crippen molar-refractivity contribution in [2.45, 2.75) is 72.1 Å². The second-order valence-electron chi connectivity index (χ2n) is 6.36. The fraction of sp³-hybridized carbons (Fsp3) is 1.00. The van der Waals surface area contributed by atoms with E-state index in [9.17, 15) is 0 Å². The van der Waals surface area contributed by atoms with Crippen LogP contribution in [0.1, 0.15) is 72.1 Å². The molecule has 0 heterocycles. The molecule has 0 aliphatic heterocycles. The van der Waals surface area contributed by atoms with E-state index in [4.69, 9.17) is 5.73 Å². The summed E-state index contributed by atoms with van der Waals surface area (Å²) in [5, 5.41) is 0. The third-order valence-electron chi connectivity index (χ3n) is 4.54. The number of hydrogen-bond donors (Lipinski definition) is 1. The van der Waals surface area contributed by atoms with E-state index in [1.807, 2.05) is 0 Å². The maximum atomic E-state index is 6.07. The van der Waals surface area contributed by atoms with Gasteiger partial charge in [-0.05, 0) is 43.1 Å². The highest BCUT2D eigenvalue weighted by Gasteiger charge is 2.33. The van der Waals surface area contributed by atoms with Crippen molar-refractivity contribution >= 4 is 0 Å². The van der Waals surface area contributed by atoms with Crippen LogP contribution in [-0.4, -0.2) is 6.54 Å². The quantitative estimate of drug-likeness (QED) is 0.714.